The molecule has 0 unspecified atom stereocenters. The van der Waals surface area contributed by atoms with Crippen LogP contribution >= 0.6 is 12.2 Å². The number of nitrogens with one attached hydrogen (secondary N) is 2. The van der Waals surface area contributed by atoms with Gasteiger partial charge in [-0.1, -0.05) is 30.3 Å². The van der Waals surface area contributed by atoms with E-state index in [0.717, 1.165) is 35.2 Å². The van der Waals surface area contributed by atoms with E-state index in [9.17, 15) is 10.1 Å². The number of hydrogen-bond donors (Lipinski definition) is 2. The van der Waals surface area contributed by atoms with Gasteiger partial charge in [0.15, 0.2) is 10.9 Å². The van der Waals surface area contributed by atoms with E-state index >= 15 is 0 Å². The zero-order valence-corrected chi connectivity index (χ0v) is 14.9. The highest BCUT2D eigenvalue weighted by Crippen LogP contribution is 2.40. The number of ether oxygens (including phenoxy) is 1. The van der Waals surface area contributed by atoms with Gasteiger partial charge in [-0.15, -0.1) is 0 Å². The minimum Gasteiger partial charge on any atom is -0.490 e. The second kappa shape index (κ2) is 6.42. The van der Waals surface area contributed by atoms with Crippen molar-refractivity contribution in [3.8, 4) is 5.75 Å². The van der Waals surface area contributed by atoms with E-state index in [0.29, 0.717) is 5.11 Å². The number of nitro benzene ring substituents is 1. The molecule has 0 radical (unpaired) electrons. The maximum absolute atomic E-state index is 11.4. The number of aryl methyl sites for hydroxylation is 1. The molecule has 1 heterocycles. The maximum Gasteiger partial charge on any atom is 0.311 e. The van der Waals surface area contributed by atoms with Gasteiger partial charge < -0.3 is 15.4 Å². The lowest BCUT2D eigenvalue weighted by molar-refractivity contribution is -0.385. The topological polar surface area (TPSA) is 76.4 Å². The summed E-state index contributed by atoms with van der Waals surface area (Å²) in [6, 6.07) is 13.1. The summed E-state index contributed by atoms with van der Waals surface area (Å²) >= 11 is 5.40. The van der Waals surface area contributed by atoms with E-state index in [4.69, 9.17) is 17.0 Å². The van der Waals surface area contributed by atoms with Gasteiger partial charge in [0.1, 0.15) is 0 Å². The summed E-state index contributed by atoms with van der Waals surface area (Å²) in [5.41, 5.74) is 5.35. The predicted molar refractivity (Wildman–Crippen MR) is 103 cm³/mol. The highest BCUT2D eigenvalue weighted by atomic mass is 32.1. The monoisotopic (exact) mass is 367 g/mol. The second-order valence-corrected chi connectivity index (χ2v) is 6.69. The molecule has 2 aromatic rings. The van der Waals surface area contributed by atoms with Gasteiger partial charge in [-0.25, -0.2) is 0 Å². The molecular weight excluding hydrogens is 350 g/mol. The molecule has 0 bridgehead atoms. The number of nitrogens with zero attached hydrogens (tertiary/aromatic N) is 1. The van der Waals surface area contributed by atoms with Crippen molar-refractivity contribution in [2.24, 2.45) is 0 Å². The Kier molecular flexibility index (Phi) is 4.08. The van der Waals surface area contributed by atoms with Gasteiger partial charge in [0.25, 0.3) is 0 Å². The van der Waals surface area contributed by atoms with E-state index in [-0.39, 0.29) is 17.5 Å². The van der Waals surface area contributed by atoms with Crippen molar-refractivity contribution < 1.29 is 9.66 Å². The molecule has 1 aliphatic carbocycles. The van der Waals surface area contributed by atoms with E-state index in [1.165, 1.54) is 12.7 Å². The van der Waals surface area contributed by atoms with E-state index in [2.05, 4.69) is 22.8 Å². The molecule has 2 aromatic carbocycles. The molecule has 0 fully saturated rings. The quantitative estimate of drug-likeness (QED) is 0.491. The summed E-state index contributed by atoms with van der Waals surface area (Å²) in [7, 11) is 1.43. The molecular formula is C19H17N3O3S. The molecule has 0 spiro atoms. The Morgan fingerprint density at radius 3 is 2.81 bits per heavy atom. The number of fused-ring (bicyclic) bond motifs is 2. The Bertz CT molecular complexity index is 955. The van der Waals surface area contributed by atoms with Crippen molar-refractivity contribution in [2.45, 2.75) is 18.9 Å². The average Bonchev–Trinajstić information content (AvgIpc) is 2.66. The highest BCUT2D eigenvalue weighted by molar-refractivity contribution is 7.80. The van der Waals surface area contributed by atoms with Crippen molar-refractivity contribution in [1.29, 1.82) is 0 Å². The van der Waals surface area contributed by atoms with E-state index in [1.807, 2.05) is 18.2 Å². The minimum absolute atomic E-state index is 0.0467. The van der Waals surface area contributed by atoms with Crippen LogP contribution < -0.4 is 15.4 Å². The third-order valence-corrected chi connectivity index (χ3v) is 5.09. The van der Waals surface area contributed by atoms with Crippen molar-refractivity contribution in [2.75, 3.05) is 7.11 Å². The van der Waals surface area contributed by atoms with E-state index in [1.54, 1.807) is 12.1 Å². The summed E-state index contributed by atoms with van der Waals surface area (Å²) in [5, 5.41) is 18.4. The summed E-state index contributed by atoms with van der Waals surface area (Å²) in [6.45, 7) is 0. The Balaban J connectivity index is 1.83. The van der Waals surface area contributed by atoms with Gasteiger partial charge in [-0.3, -0.25) is 10.1 Å². The van der Waals surface area contributed by atoms with Gasteiger partial charge in [-0.2, -0.15) is 0 Å². The first-order valence-corrected chi connectivity index (χ1v) is 8.70. The Morgan fingerprint density at radius 1 is 1.23 bits per heavy atom. The minimum atomic E-state index is -0.423. The molecule has 132 valence electrons. The smallest absolute Gasteiger partial charge is 0.311 e. The van der Waals surface area contributed by atoms with Crippen molar-refractivity contribution in [3.05, 3.63) is 74.8 Å². The lowest BCUT2D eigenvalue weighted by Gasteiger charge is -2.35. The Hall–Kier alpha value is -2.93. The van der Waals surface area contributed by atoms with Crippen LogP contribution in [0.4, 0.5) is 5.69 Å². The molecule has 0 amide bonds. The lowest BCUT2D eigenvalue weighted by Crippen LogP contribution is -2.44. The van der Waals surface area contributed by atoms with Gasteiger partial charge >= 0.3 is 5.69 Å². The van der Waals surface area contributed by atoms with E-state index < -0.39 is 4.92 Å². The maximum atomic E-state index is 11.4. The Morgan fingerprint density at radius 2 is 2.04 bits per heavy atom. The van der Waals surface area contributed by atoms with Crippen LogP contribution in [-0.4, -0.2) is 17.1 Å². The fourth-order valence-electron chi connectivity index (χ4n) is 3.67. The molecule has 7 heteroatoms. The summed E-state index contributed by atoms with van der Waals surface area (Å²) in [5.74, 6) is 0.249. The number of rotatable bonds is 3. The van der Waals surface area contributed by atoms with Crippen LogP contribution in [0.25, 0.3) is 5.70 Å². The molecule has 1 atom stereocenters. The van der Waals surface area contributed by atoms with Crippen LogP contribution in [0.2, 0.25) is 0 Å². The second-order valence-electron chi connectivity index (χ2n) is 6.28. The molecule has 4 rings (SSSR count). The molecule has 6 nitrogen and oxygen atoms in total. The zero-order valence-electron chi connectivity index (χ0n) is 14.1. The molecule has 0 saturated heterocycles. The average molecular weight is 367 g/mol. The summed E-state index contributed by atoms with van der Waals surface area (Å²) < 4.78 is 5.11. The SMILES string of the molecule is COc1ccc([C@H]2NC(=S)NC3=C2CCc2ccccc23)cc1[N+](=O)[O-]. The number of benzene rings is 2. The molecule has 1 aliphatic heterocycles. The lowest BCUT2D eigenvalue weighted by atomic mass is 9.83. The predicted octanol–water partition coefficient (Wildman–Crippen LogP) is 3.48. The van der Waals surface area contributed by atoms with Gasteiger partial charge in [0.05, 0.1) is 18.1 Å². The molecule has 26 heavy (non-hydrogen) atoms. The number of methoxy groups -OCH3 is 1. The van der Waals surface area contributed by atoms with Gasteiger partial charge in [0.2, 0.25) is 0 Å². The van der Waals surface area contributed by atoms with Gasteiger partial charge in [0, 0.05) is 17.3 Å². The van der Waals surface area contributed by atoms with Crippen molar-refractivity contribution >= 4 is 28.7 Å². The molecule has 2 N–H and O–H groups in total. The number of thiocarbonyl (C=S) groups is 1. The first-order valence-electron chi connectivity index (χ1n) is 8.29. The van der Waals surface area contributed by atoms with Crippen molar-refractivity contribution in [1.82, 2.24) is 10.6 Å². The zero-order chi connectivity index (χ0) is 18.3. The first-order chi connectivity index (χ1) is 12.6. The summed E-state index contributed by atoms with van der Waals surface area (Å²) in [6.07, 6.45) is 1.79. The first kappa shape index (κ1) is 16.5. The van der Waals surface area contributed by atoms with Crippen LogP contribution in [0.5, 0.6) is 5.75 Å². The molecule has 0 aromatic heterocycles. The molecule has 2 aliphatic rings. The number of nitro groups is 1. The normalized spacial score (nSPS) is 18.3. The largest absolute Gasteiger partial charge is 0.490 e. The van der Waals surface area contributed by atoms with Crippen LogP contribution in [-0.2, 0) is 6.42 Å². The fourth-order valence-corrected chi connectivity index (χ4v) is 3.89. The highest BCUT2D eigenvalue weighted by Gasteiger charge is 2.31. The summed E-state index contributed by atoms with van der Waals surface area (Å²) in [4.78, 5) is 11.0. The van der Waals surface area contributed by atoms with Crippen LogP contribution in [0, 0.1) is 10.1 Å². The number of hydrogen-bond acceptors (Lipinski definition) is 4. The third kappa shape index (κ3) is 2.70. The van der Waals surface area contributed by atoms with Crippen LogP contribution in [0.15, 0.2) is 48.0 Å². The Labute approximate surface area is 156 Å². The van der Waals surface area contributed by atoms with Crippen molar-refractivity contribution in [3.63, 3.8) is 0 Å². The van der Waals surface area contributed by atoms with Crippen LogP contribution in [0.3, 0.4) is 0 Å². The standard InChI is InChI=1S/C19H17N3O3S/c1-25-16-9-7-12(10-15(16)22(23)24)17-14-8-6-11-4-2-3-5-13(11)18(14)21-19(26)20-17/h2-5,7,9-10,17H,6,8H2,1H3,(H2,20,21,26)/t17-/m1/s1. The fraction of sp³-hybridized carbons (Fsp3) is 0.211. The van der Waals surface area contributed by atoms with Crippen LogP contribution in [0.1, 0.15) is 29.2 Å². The van der Waals surface area contributed by atoms with Gasteiger partial charge in [-0.05, 0) is 47.8 Å². The molecule has 0 saturated carbocycles. The third-order valence-electron chi connectivity index (χ3n) is 4.87.